The molecule has 1 rings (SSSR count). The minimum absolute atomic E-state index is 0.0333. The van der Waals surface area contributed by atoms with Gasteiger partial charge in [-0.05, 0) is 44.4 Å². The zero-order valence-electron chi connectivity index (χ0n) is 10.3. The molecular formula is C12H21IO4. The normalized spacial score (nSPS) is 24.6. The van der Waals surface area contributed by atoms with E-state index in [9.17, 15) is 8.23 Å². The average Bonchev–Trinajstić information content (AvgIpc) is 2.34. The Balaban J connectivity index is 2.01. The third kappa shape index (κ3) is 6.57. The largest absolute Gasteiger partial charge is 0.567 e. The van der Waals surface area contributed by atoms with Gasteiger partial charge >= 0.3 is 28.0 Å². The highest BCUT2D eigenvalue weighted by Crippen LogP contribution is 2.28. The Morgan fingerprint density at radius 1 is 1.24 bits per heavy atom. The third-order valence-electron chi connectivity index (χ3n) is 3.25. The van der Waals surface area contributed by atoms with Gasteiger partial charge in [-0.15, -0.1) is 3.07 Å². The number of esters is 1. The number of carbonyl (C=O) groups is 1. The van der Waals surface area contributed by atoms with Gasteiger partial charge < -0.3 is 8.17 Å². The SMILES string of the molecule is CC1CCC(C(=O)OCCCCO[I+][O-])CC1. The van der Waals surface area contributed by atoms with Gasteiger partial charge in [0.1, 0.15) is 6.61 Å². The first-order valence-electron chi connectivity index (χ1n) is 6.29. The quantitative estimate of drug-likeness (QED) is 0.314. The maximum Gasteiger partial charge on any atom is 0.452 e. The van der Waals surface area contributed by atoms with Crippen LogP contribution < -0.4 is 25.5 Å². The monoisotopic (exact) mass is 356 g/mol. The minimum atomic E-state index is -1.30. The molecule has 5 heteroatoms. The molecule has 0 atom stereocenters. The van der Waals surface area contributed by atoms with Crippen LogP contribution in [-0.4, -0.2) is 19.2 Å². The Morgan fingerprint density at radius 3 is 2.53 bits per heavy atom. The van der Waals surface area contributed by atoms with E-state index in [1.807, 2.05) is 0 Å². The molecule has 0 saturated heterocycles. The van der Waals surface area contributed by atoms with Crippen molar-refractivity contribution >= 4 is 5.97 Å². The topological polar surface area (TPSA) is 58.6 Å². The highest BCUT2D eigenvalue weighted by atomic mass is 127. The van der Waals surface area contributed by atoms with Crippen molar-refractivity contribution < 1.29 is 38.1 Å². The number of unbranched alkanes of at least 4 members (excludes halogenated alkanes) is 1. The highest BCUT2D eigenvalue weighted by molar-refractivity contribution is 5.72. The second kappa shape index (κ2) is 9.10. The molecule has 1 saturated carbocycles. The van der Waals surface area contributed by atoms with Crippen molar-refractivity contribution in [3.63, 3.8) is 0 Å². The number of hydrogen-bond donors (Lipinski definition) is 0. The lowest BCUT2D eigenvalue weighted by Crippen LogP contribution is -3.70. The molecule has 0 aromatic heterocycles. The molecule has 0 aromatic carbocycles. The second-order valence-corrected chi connectivity index (χ2v) is 5.69. The van der Waals surface area contributed by atoms with E-state index in [1.54, 1.807) is 0 Å². The summed E-state index contributed by atoms with van der Waals surface area (Å²) in [6.45, 7) is 3.21. The molecular weight excluding hydrogens is 335 g/mol. The van der Waals surface area contributed by atoms with Gasteiger partial charge in [-0.2, -0.15) is 0 Å². The van der Waals surface area contributed by atoms with E-state index in [1.165, 1.54) is 0 Å². The van der Waals surface area contributed by atoms with Crippen LogP contribution in [0.25, 0.3) is 0 Å². The van der Waals surface area contributed by atoms with Gasteiger partial charge in [0.25, 0.3) is 0 Å². The van der Waals surface area contributed by atoms with E-state index in [0.29, 0.717) is 13.2 Å². The van der Waals surface area contributed by atoms with Crippen LogP contribution in [0.2, 0.25) is 0 Å². The number of ether oxygens (including phenoxy) is 1. The summed E-state index contributed by atoms with van der Waals surface area (Å²) >= 11 is -1.30. The van der Waals surface area contributed by atoms with Crippen LogP contribution in [0.15, 0.2) is 0 Å². The molecule has 17 heavy (non-hydrogen) atoms. The van der Waals surface area contributed by atoms with E-state index in [0.717, 1.165) is 44.4 Å². The fourth-order valence-corrected chi connectivity index (χ4v) is 2.57. The summed E-state index contributed by atoms with van der Waals surface area (Å²) in [5.74, 6) is 0.843. The molecule has 0 heterocycles. The molecule has 0 radical (unpaired) electrons. The van der Waals surface area contributed by atoms with E-state index in [-0.39, 0.29) is 11.9 Å². The van der Waals surface area contributed by atoms with Crippen LogP contribution in [0.1, 0.15) is 45.4 Å². The summed E-state index contributed by atoms with van der Waals surface area (Å²) in [7, 11) is 0. The van der Waals surface area contributed by atoms with Crippen LogP contribution in [0.4, 0.5) is 0 Å². The molecule has 0 aliphatic heterocycles. The first kappa shape index (κ1) is 15.2. The molecule has 0 amide bonds. The summed E-state index contributed by atoms with van der Waals surface area (Å²) in [6, 6.07) is 0. The molecule has 4 nitrogen and oxygen atoms in total. The fourth-order valence-electron chi connectivity index (χ4n) is 2.08. The Labute approximate surface area is 114 Å². The average molecular weight is 356 g/mol. The van der Waals surface area contributed by atoms with Gasteiger partial charge in [0.15, 0.2) is 0 Å². The van der Waals surface area contributed by atoms with E-state index in [4.69, 9.17) is 7.80 Å². The predicted molar refractivity (Wildman–Crippen MR) is 57.3 cm³/mol. The molecule has 0 unspecified atom stereocenters. The lowest BCUT2D eigenvalue weighted by atomic mass is 9.83. The first-order valence-corrected chi connectivity index (χ1v) is 8.05. The molecule has 1 aliphatic rings. The Bertz CT molecular complexity index is 215. The van der Waals surface area contributed by atoms with Gasteiger partial charge in [-0.1, -0.05) is 6.92 Å². The highest BCUT2D eigenvalue weighted by Gasteiger charge is 2.25. The van der Waals surface area contributed by atoms with Crippen molar-refractivity contribution in [2.45, 2.75) is 45.4 Å². The summed E-state index contributed by atoms with van der Waals surface area (Å²) < 4.78 is 20.1. The van der Waals surface area contributed by atoms with Crippen molar-refractivity contribution in [1.29, 1.82) is 0 Å². The Kier molecular flexibility index (Phi) is 8.13. The molecule has 0 N–H and O–H groups in total. The van der Waals surface area contributed by atoms with Gasteiger partial charge in [-0.3, -0.25) is 4.79 Å². The molecule has 1 fully saturated rings. The Morgan fingerprint density at radius 2 is 1.88 bits per heavy atom. The van der Waals surface area contributed by atoms with Crippen LogP contribution >= 0.6 is 0 Å². The standard InChI is InChI=1S/C12H21IO4/c1-10-4-6-11(7-5-10)12(14)16-8-2-3-9-17-13-15/h10-11H,2-9H2,1H3. The molecule has 0 aromatic rings. The van der Waals surface area contributed by atoms with Gasteiger partial charge in [0, 0.05) is 0 Å². The van der Waals surface area contributed by atoms with Crippen molar-refractivity contribution in [2.75, 3.05) is 13.2 Å². The molecule has 100 valence electrons. The number of carbonyl (C=O) groups excluding carboxylic acids is 1. The van der Waals surface area contributed by atoms with Gasteiger partial charge in [0.2, 0.25) is 0 Å². The molecule has 0 bridgehead atoms. The van der Waals surface area contributed by atoms with Crippen molar-refractivity contribution in [1.82, 2.24) is 0 Å². The smallest absolute Gasteiger partial charge is 0.452 e. The van der Waals surface area contributed by atoms with Crippen LogP contribution in [-0.2, 0) is 12.6 Å². The summed E-state index contributed by atoms with van der Waals surface area (Å²) in [5.41, 5.74) is 0. The second-order valence-electron chi connectivity index (χ2n) is 4.71. The summed E-state index contributed by atoms with van der Waals surface area (Å²) in [5, 5.41) is 0. The third-order valence-corrected chi connectivity index (χ3v) is 3.95. The minimum Gasteiger partial charge on any atom is -0.567 e. The zero-order valence-corrected chi connectivity index (χ0v) is 12.5. The predicted octanol–water partition coefficient (Wildman–Crippen LogP) is -1.57. The lowest BCUT2D eigenvalue weighted by molar-refractivity contribution is -1.27. The zero-order chi connectivity index (χ0) is 12.5. The maximum absolute atomic E-state index is 11.7. The lowest BCUT2D eigenvalue weighted by Gasteiger charge is -2.24. The van der Waals surface area contributed by atoms with Crippen LogP contribution in [0.3, 0.4) is 0 Å². The van der Waals surface area contributed by atoms with E-state index >= 15 is 0 Å². The first-order chi connectivity index (χ1) is 8.24. The Hall–Kier alpha value is 0.120. The molecule has 1 aliphatic carbocycles. The van der Waals surface area contributed by atoms with Crippen molar-refractivity contribution in [2.24, 2.45) is 11.8 Å². The van der Waals surface area contributed by atoms with Crippen molar-refractivity contribution in [3.05, 3.63) is 0 Å². The maximum atomic E-state index is 11.7. The number of hydrogen-bond acceptors (Lipinski definition) is 4. The number of rotatable bonds is 7. The number of halogens is 1. The van der Waals surface area contributed by atoms with Gasteiger partial charge in [0.05, 0.1) is 12.5 Å². The van der Waals surface area contributed by atoms with Crippen LogP contribution in [0, 0.1) is 11.8 Å². The van der Waals surface area contributed by atoms with E-state index in [2.05, 4.69) is 6.92 Å². The van der Waals surface area contributed by atoms with E-state index < -0.39 is 22.0 Å². The molecule has 0 spiro atoms. The van der Waals surface area contributed by atoms with Gasteiger partial charge in [-0.25, -0.2) is 0 Å². The van der Waals surface area contributed by atoms with Crippen molar-refractivity contribution in [3.8, 4) is 0 Å². The van der Waals surface area contributed by atoms with Crippen LogP contribution in [0.5, 0.6) is 0 Å². The fraction of sp³-hybridized carbons (Fsp3) is 0.917. The summed E-state index contributed by atoms with van der Waals surface area (Å²) in [4.78, 5) is 11.7. The summed E-state index contributed by atoms with van der Waals surface area (Å²) in [6.07, 6.45) is 5.82.